The number of benzene rings is 2. The summed E-state index contributed by atoms with van der Waals surface area (Å²) in [6, 6.07) is 13.0. The van der Waals surface area contributed by atoms with Crippen LogP contribution in [0, 0.1) is 0 Å². The van der Waals surface area contributed by atoms with E-state index in [1.807, 2.05) is 30.3 Å². The van der Waals surface area contributed by atoms with Gasteiger partial charge in [0, 0.05) is 12.1 Å². The van der Waals surface area contributed by atoms with Gasteiger partial charge in [-0.15, -0.1) is 5.06 Å². The van der Waals surface area contributed by atoms with Gasteiger partial charge in [0.25, 0.3) is 0 Å². The maximum atomic E-state index is 12.8. The minimum atomic E-state index is -1.35. The molecule has 0 radical (unpaired) electrons. The average Bonchev–Trinajstić information content (AvgIpc) is 2.67. The molecule has 7 heteroatoms. The van der Waals surface area contributed by atoms with Crippen LogP contribution in [0.25, 0.3) is 11.1 Å². The van der Waals surface area contributed by atoms with Crippen molar-refractivity contribution in [3.05, 3.63) is 54.1 Å². The molecule has 2 N–H and O–H groups in total. The molecule has 2 aromatic rings. The number of rotatable bonds is 8. The van der Waals surface area contributed by atoms with Gasteiger partial charge in [-0.3, -0.25) is 4.79 Å². The normalized spacial score (nSPS) is 11.8. The molecule has 2 aromatic carbocycles. The lowest BCUT2D eigenvalue weighted by molar-refractivity contribution is -0.175. The van der Waals surface area contributed by atoms with Crippen LogP contribution >= 0.6 is 0 Å². The second-order valence-electron chi connectivity index (χ2n) is 5.40. The molecule has 0 saturated heterocycles. The van der Waals surface area contributed by atoms with Crippen molar-refractivity contribution >= 4 is 11.9 Å². The quantitative estimate of drug-likeness (QED) is 0.698. The Morgan fingerprint density at radius 3 is 2.35 bits per heavy atom. The minimum absolute atomic E-state index is 0.0963. The third kappa shape index (κ3) is 4.19. The number of ether oxygens (including phenoxy) is 1. The van der Waals surface area contributed by atoms with E-state index in [4.69, 9.17) is 9.57 Å². The zero-order chi connectivity index (χ0) is 19.1. The van der Waals surface area contributed by atoms with Crippen LogP contribution in [0.3, 0.4) is 0 Å². The fraction of sp³-hybridized carbons (Fsp3) is 0.263. The Hall–Kier alpha value is -2.90. The summed E-state index contributed by atoms with van der Waals surface area (Å²) >= 11 is 0. The van der Waals surface area contributed by atoms with Gasteiger partial charge in [-0.1, -0.05) is 42.5 Å². The largest absolute Gasteiger partial charge is 0.496 e. The topological polar surface area (TPSA) is 96.3 Å². The molecular formula is C19H21NO6. The summed E-state index contributed by atoms with van der Waals surface area (Å²) in [5.41, 5.74) is 1.57. The Balaban J connectivity index is 2.43. The van der Waals surface area contributed by atoms with Gasteiger partial charge in [-0.25, -0.2) is 4.79 Å². The monoisotopic (exact) mass is 359 g/mol. The highest BCUT2D eigenvalue weighted by atomic mass is 16.7. The molecule has 0 amide bonds. The number of carboxylic acid groups (broad SMARTS) is 1. The van der Waals surface area contributed by atoms with Crippen LogP contribution in [0.1, 0.15) is 17.3 Å². The van der Waals surface area contributed by atoms with Gasteiger partial charge in [-0.2, -0.15) is 0 Å². The molecule has 0 unspecified atom stereocenters. The van der Waals surface area contributed by atoms with Crippen molar-refractivity contribution in [2.75, 3.05) is 20.3 Å². The Labute approximate surface area is 151 Å². The smallest absolute Gasteiger partial charge is 0.361 e. The fourth-order valence-corrected chi connectivity index (χ4v) is 2.56. The number of aliphatic hydroxyl groups excluding tert-OH is 1. The number of aliphatic hydroxyl groups is 1. The summed E-state index contributed by atoms with van der Waals surface area (Å²) in [7, 11) is 1.44. The number of carboxylic acids is 1. The zero-order valence-electron chi connectivity index (χ0n) is 14.6. The van der Waals surface area contributed by atoms with Crippen LogP contribution in [0.5, 0.6) is 5.75 Å². The lowest BCUT2D eigenvalue weighted by atomic mass is 9.99. The summed E-state index contributed by atoms with van der Waals surface area (Å²) < 4.78 is 5.29. The molecule has 0 heterocycles. The predicted molar refractivity (Wildman–Crippen MR) is 94.7 cm³/mol. The first-order chi connectivity index (χ1) is 12.5. The molecular weight excluding hydrogens is 338 g/mol. The molecule has 0 aliphatic heterocycles. The highest BCUT2D eigenvalue weighted by Gasteiger charge is 2.29. The van der Waals surface area contributed by atoms with E-state index >= 15 is 0 Å². The molecule has 138 valence electrons. The predicted octanol–water partition coefficient (Wildman–Crippen LogP) is 2.20. The SMILES string of the molecule is CCN(OC(=O)c1c(OC)cccc1-c1ccccc1)[C@@H](CO)C(=O)O. The molecule has 7 nitrogen and oxygen atoms in total. The molecule has 1 atom stereocenters. The van der Waals surface area contributed by atoms with E-state index in [1.165, 1.54) is 7.11 Å². The van der Waals surface area contributed by atoms with Crippen LogP contribution < -0.4 is 4.74 Å². The zero-order valence-corrected chi connectivity index (χ0v) is 14.6. The third-order valence-electron chi connectivity index (χ3n) is 3.85. The van der Waals surface area contributed by atoms with Gasteiger partial charge in [0.2, 0.25) is 0 Å². The van der Waals surface area contributed by atoms with Crippen molar-refractivity contribution in [3.63, 3.8) is 0 Å². The van der Waals surface area contributed by atoms with E-state index in [9.17, 15) is 19.8 Å². The molecule has 0 saturated carbocycles. The standard InChI is InChI=1S/C19H21NO6/c1-3-20(15(12-21)18(22)23)26-19(24)17-14(10-7-11-16(17)25-2)13-8-5-4-6-9-13/h4-11,15,21H,3,12H2,1-2H3,(H,22,23)/t15-/m0/s1. The number of carbonyl (C=O) groups excluding carboxylic acids is 1. The second-order valence-corrected chi connectivity index (χ2v) is 5.40. The fourth-order valence-electron chi connectivity index (χ4n) is 2.56. The molecule has 0 aliphatic carbocycles. The molecule has 2 rings (SSSR count). The highest BCUT2D eigenvalue weighted by Crippen LogP contribution is 2.31. The average molecular weight is 359 g/mol. The van der Waals surface area contributed by atoms with Gasteiger partial charge >= 0.3 is 11.9 Å². The Bertz CT molecular complexity index is 762. The molecule has 0 aliphatic rings. The van der Waals surface area contributed by atoms with E-state index in [0.717, 1.165) is 10.6 Å². The van der Waals surface area contributed by atoms with E-state index in [0.29, 0.717) is 11.3 Å². The van der Waals surface area contributed by atoms with Crippen molar-refractivity contribution in [1.29, 1.82) is 0 Å². The Morgan fingerprint density at radius 1 is 1.12 bits per heavy atom. The maximum absolute atomic E-state index is 12.8. The van der Waals surface area contributed by atoms with Crippen molar-refractivity contribution in [3.8, 4) is 16.9 Å². The Morgan fingerprint density at radius 2 is 1.81 bits per heavy atom. The van der Waals surface area contributed by atoms with Gasteiger partial charge in [-0.05, 0) is 18.6 Å². The Kier molecular flexibility index (Phi) is 6.71. The lowest BCUT2D eigenvalue weighted by Crippen LogP contribution is -2.44. The number of hydroxylamine groups is 2. The number of aliphatic carboxylic acids is 1. The first-order valence-corrected chi connectivity index (χ1v) is 8.08. The first-order valence-electron chi connectivity index (χ1n) is 8.08. The number of nitrogens with zero attached hydrogens (tertiary/aromatic N) is 1. The van der Waals surface area contributed by atoms with Gasteiger partial charge in [0.05, 0.1) is 13.7 Å². The molecule has 0 spiro atoms. The molecule has 0 bridgehead atoms. The highest BCUT2D eigenvalue weighted by molar-refractivity contribution is 6.00. The van der Waals surface area contributed by atoms with Gasteiger partial charge in [0.1, 0.15) is 11.3 Å². The van der Waals surface area contributed by atoms with E-state index < -0.39 is 24.6 Å². The van der Waals surface area contributed by atoms with Crippen LogP contribution in [0.2, 0.25) is 0 Å². The summed E-state index contributed by atoms with van der Waals surface area (Å²) in [5, 5.41) is 19.4. The maximum Gasteiger partial charge on any atom is 0.361 e. The summed E-state index contributed by atoms with van der Waals surface area (Å²) in [6.07, 6.45) is 0. The van der Waals surface area contributed by atoms with Crippen LogP contribution in [-0.4, -0.2) is 53.5 Å². The number of likely N-dealkylation sites (N-methyl/N-ethyl adjacent to an activating group) is 1. The van der Waals surface area contributed by atoms with Crippen molar-refractivity contribution in [1.82, 2.24) is 5.06 Å². The molecule has 0 fully saturated rings. The molecule has 0 aromatic heterocycles. The van der Waals surface area contributed by atoms with Crippen LogP contribution in [0.4, 0.5) is 0 Å². The lowest BCUT2D eigenvalue weighted by Gasteiger charge is -2.25. The number of hydrogen-bond acceptors (Lipinski definition) is 6. The van der Waals surface area contributed by atoms with E-state index in [2.05, 4.69) is 0 Å². The van der Waals surface area contributed by atoms with E-state index in [-0.39, 0.29) is 12.1 Å². The first kappa shape index (κ1) is 19.4. The van der Waals surface area contributed by atoms with E-state index in [1.54, 1.807) is 25.1 Å². The summed E-state index contributed by atoms with van der Waals surface area (Å²) in [5.74, 6) is -1.74. The minimum Gasteiger partial charge on any atom is -0.496 e. The van der Waals surface area contributed by atoms with Crippen molar-refractivity contribution < 1.29 is 29.4 Å². The van der Waals surface area contributed by atoms with Crippen molar-refractivity contribution in [2.24, 2.45) is 0 Å². The number of hydrogen-bond donors (Lipinski definition) is 2. The van der Waals surface area contributed by atoms with Crippen LogP contribution in [0.15, 0.2) is 48.5 Å². The van der Waals surface area contributed by atoms with Crippen LogP contribution in [-0.2, 0) is 9.63 Å². The third-order valence-corrected chi connectivity index (χ3v) is 3.85. The van der Waals surface area contributed by atoms with Gasteiger partial charge in [0.15, 0.2) is 6.04 Å². The summed E-state index contributed by atoms with van der Waals surface area (Å²) in [6.45, 7) is 1.03. The number of carbonyl (C=O) groups is 2. The summed E-state index contributed by atoms with van der Waals surface area (Å²) in [4.78, 5) is 29.3. The van der Waals surface area contributed by atoms with Crippen molar-refractivity contribution in [2.45, 2.75) is 13.0 Å². The molecule has 26 heavy (non-hydrogen) atoms. The van der Waals surface area contributed by atoms with Gasteiger partial charge < -0.3 is 19.8 Å². The number of methoxy groups -OCH3 is 1. The second kappa shape index (κ2) is 8.98.